The Morgan fingerprint density at radius 1 is 1.18 bits per heavy atom. The molecule has 0 saturated carbocycles. The van der Waals surface area contributed by atoms with Gasteiger partial charge < -0.3 is 19.9 Å². The van der Waals surface area contributed by atoms with E-state index in [9.17, 15) is 0 Å². The van der Waals surface area contributed by atoms with Crippen molar-refractivity contribution in [3.05, 3.63) is 17.7 Å². The molecule has 0 aromatic heterocycles. The number of benzene rings is 1. The van der Waals surface area contributed by atoms with E-state index in [1.807, 2.05) is 6.07 Å². The van der Waals surface area contributed by atoms with E-state index < -0.39 is 6.04 Å². The van der Waals surface area contributed by atoms with Crippen LogP contribution in [-0.2, 0) is 6.42 Å². The molecule has 0 fully saturated rings. The van der Waals surface area contributed by atoms with Crippen LogP contribution in [-0.4, -0.2) is 27.4 Å². The maximum Gasteiger partial charge on any atom is 0.129 e. The molecule has 0 aliphatic heterocycles. The summed E-state index contributed by atoms with van der Waals surface area (Å²) in [6.45, 7) is 0. The van der Waals surface area contributed by atoms with Gasteiger partial charge in [0.25, 0.3) is 0 Å². The maximum absolute atomic E-state index is 8.74. The predicted octanol–water partition coefficient (Wildman–Crippen LogP) is 1.11. The predicted molar refractivity (Wildman–Crippen MR) is 63.4 cm³/mol. The average molecular weight is 236 g/mol. The minimum atomic E-state index is -0.591. The fourth-order valence-corrected chi connectivity index (χ4v) is 1.54. The van der Waals surface area contributed by atoms with Gasteiger partial charge in [-0.1, -0.05) is 0 Å². The average Bonchev–Trinajstić information content (AvgIpc) is 2.38. The molecule has 5 nitrogen and oxygen atoms in total. The second-order valence-corrected chi connectivity index (χ2v) is 3.45. The minimum Gasteiger partial charge on any atom is -0.496 e. The van der Waals surface area contributed by atoms with Gasteiger partial charge in [-0.3, -0.25) is 0 Å². The third kappa shape index (κ3) is 3.02. The second kappa shape index (κ2) is 5.97. The molecule has 0 saturated heterocycles. The first-order chi connectivity index (χ1) is 8.15. The molecule has 2 N–H and O–H groups in total. The molecule has 1 aromatic carbocycles. The molecule has 0 aliphatic rings. The summed E-state index contributed by atoms with van der Waals surface area (Å²) in [6, 6.07) is 4.86. The molecule has 1 rings (SSSR count). The van der Waals surface area contributed by atoms with Crippen LogP contribution in [0.25, 0.3) is 0 Å². The SMILES string of the molecule is COc1cc(OC)c(CC(N)C#N)c(OC)c1. The summed E-state index contributed by atoms with van der Waals surface area (Å²) < 4.78 is 15.6. The molecule has 0 bridgehead atoms. The van der Waals surface area contributed by atoms with Crippen LogP contribution in [0.5, 0.6) is 17.2 Å². The number of hydrogen-bond donors (Lipinski definition) is 1. The zero-order chi connectivity index (χ0) is 12.8. The molecule has 92 valence electrons. The maximum atomic E-state index is 8.74. The third-order valence-corrected chi connectivity index (χ3v) is 2.41. The van der Waals surface area contributed by atoms with Gasteiger partial charge in [-0.05, 0) is 0 Å². The Kier molecular flexibility index (Phi) is 4.61. The summed E-state index contributed by atoms with van der Waals surface area (Å²) in [5, 5.41) is 8.74. The lowest BCUT2D eigenvalue weighted by Crippen LogP contribution is -2.21. The van der Waals surface area contributed by atoms with E-state index in [-0.39, 0.29) is 0 Å². The summed E-state index contributed by atoms with van der Waals surface area (Å²) in [4.78, 5) is 0. The van der Waals surface area contributed by atoms with Gasteiger partial charge in [0, 0.05) is 24.1 Å². The van der Waals surface area contributed by atoms with E-state index >= 15 is 0 Å². The highest BCUT2D eigenvalue weighted by atomic mass is 16.5. The molecule has 0 amide bonds. The van der Waals surface area contributed by atoms with Gasteiger partial charge in [-0.25, -0.2) is 0 Å². The van der Waals surface area contributed by atoms with Gasteiger partial charge in [-0.2, -0.15) is 5.26 Å². The number of nitrogens with zero attached hydrogens (tertiary/aromatic N) is 1. The lowest BCUT2D eigenvalue weighted by Gasteiger charge is -2.15. The number of methoxy groups -OCH3 is 3. The van der Waals surface area contributed by atoms with E-state index in [4.69, 9.17) is 25.2 Å². The van der Waals surface area contributed by atoms with E-state index in [0.717, 1.165) is 5.56 Å². The zero-order valence-corrected chi connectivity index (χ0v) is 10.2. The highest BCUT2D eigenvalue weighted by Gasteiger charge is 2.15. The van der Waals surface area contributed by atoms with Crippen LogP contribution in [0.3, 0.4) is 0 Å². The van der Waals surface area contributed by atoms with E-state index in [1.54, 1.807) is 33.5 Å². The number of rotatable bonds is 5. The smallest absolute Gasteiger partial charge is 0.129 e. The Hall–Kier alpha value is -1.93. The molecule has 1 atom stereocenters. The first kappa shape index (κ1) is 13.1. The summed E-state index contributed by atoms with van der Waals surface area (Å²) in [5.74, 6) is 1.84. The molecule has 1 unspecified atom stereocenters. The van der Waals surface area contributed by atoms with Crippen LogP contribution in [0.4, 0.5) is 0 Å². The fraction of sp³-hybridized carbons (Fsp3) is 0.417. The van der Waals surface area contributed by atoms with Crippen LogP contribution in [0.1, 0.15) is 5.56 Å². The van der Waals surface area contributed by atoms with Gasteiger partial charge in [-0.15, -0.1) is 0 Å². The first-order valence-electron chi connectivity index (χ1n) is 5.10. The lowest BCUT2D eigenvalue weighted by molar-refractivity contribution is 0.368. The Morgan fingerprint density at radius 2 is 1.71 bits per heavy atom. The molecular weight excluding hydrogens is 220 g/mol. The summed E-state index contributed by atoms with van der Waals surface area (Å²) in [7, 11) is 4.67. The van der Waals surface area contributed by atoms with Crippen LogP contribution in [0.15, 0.2) is 12.1 Å². The molecule has 5 heteroatoms. The molecule has 0 spiro atoms. The summed E-state index contributed by atoms with van der Waals surface area (Å²) in [5.41, 5.74) is 6.39. The molecule has 1 aromatic rings. The highest BCUT2D eigenvalue weighted by Crippen LogP contribution is 2.34. The van der Waals surface area contributed by atoms with Gasteiger partial charge in [0.15, 0.2) is 0 Å². The Labute approximate surface area is 101 Å². The van der Waals surface area contributed by atoms with Gasteiger partial charge in [0.1, 0.15) is 17.2 Å². The van der Waals surface area contributed by atoms with Crippen LogP contribution in [0.2, 0.25) is 0 Å². The highest BCUT2D eigenvalue weighted by molar-refractivity contribution is 5.51. The number of nitrogens with two attached hydrogens (primary N) is 1. The van der Waals surface area contributed by atoms with Crippen molar-refractivity contribution in [2.24, 2.45) is 5.73 Å². The van der Waals surface area contributed by atoms with Crippen LogP contribution < -0.4 is 19.9 Å². The normalized spacial score (nSPS) is 11.5. The van der Waals surface area contributed by atoms with Gasteiger partial charge in [0.2, 0.25) is 0 Å². The first-order valence-corrected chi connectivity index (χ1v) is 5.10. The van der Waals surface area contributed by atoms with Crippen molar-refractivity contribution < 1.29 is 14.2 Å². The van der Waals surface area contributed by atoms with Crippen LogP contribution in [0, 0.1) is 11.3 Å². The van der Waals surface area contributed by atoms with Crippen molar-refractivity contribution in [3.8, 4) is 23.3 Å². The monoisotopic (exact) mass is 236 g/mol. The van der Waals surface area contributed by atoms with Crippen molar-refractivity contribution in [3.63, 3.8) is 0 Å². The molecule has 0 heterocycles. The molecule has 0 aliphatic carbocycles. The van der Waals surface area contributed by atoms with E-state index in [1.165, 1.54) is 0 Å². The standard InChI is InChI=1S/C12H16N2O3/c1-15-9-5-11(16-2)10(4-8(14)7-13)12(6-9)17-3/h5-6,8H,4,14H2,1-3H3. The van der Waals surface area contributed by atoms with Crippen LogP contribution >= 0.6 is 0 Å². The number of ether oxygens (including phenoxy) is 3. The van der Waals surface area contributed by atoms with Crippen molar-refractivity contribution in [1.82, 2.24) is 0 Å². The second-order valence-electron chi connectivity index (χ2n) is 3.45. The summed E-state index contributed by atoms with van der Waals surface area (Å²) >= 11 is 0. The number of hydrogen-bond acceptors (Lipinski definition) is 5. The van der Waals surface area contributed by atoms with Crippen molar-refractivity contribution in [2.75, 3.05) is 21.3 Å². The van der Waals surface area contributed by atoms with Gasteiger partial charge in [0.05, 0.1) is 33.4 Å². The van der Waals surface area contributed by atoms with Gasteiger partial charge >= 0.3 is 0 Å². The fourth-order valence-electron chi connectivity index (χ4n) is 1.54. The molecular formula is C12H16N2O3. The Morgan fingerprint density at radius 3 is 2.06 bits per heavy atom. The number of nitriles is 1. The lowest BCUT2D eigenvalue weighted by atomic mass is 10.0. The third-order valence-electron chi connectivity index (χ3n) is 2.41. The largest absolute Gasteiger partial charge is 0.496 e. The van der Waals surface area contributed by atoms with Crippen molar-refractivity contribution in [2.45, 2.75) is 12.5 Å². The van der Waals surface area contributed by atoms with E-state index in [0.29, 0.717) is 23.7 Å². The minimum absolute atomic E-state index is 0.368. The zero-order valence-electron chi connectivity index (χ0n) is 10.2. The Bertz CT molecular complexity index is 401. The Balaban J connectivity index is 3.20. The van der Waals surface area contributed by atoms with Crippen molar-refractivity contribution >= 4 is 0 Å². The van der Waals surface area contributed by atoms with Crippen molar-refractivity contribution in [1.29, 1.82) is 5.26 Å². The van der Waals surface area contributed by atoms with E-state index in [2.05, 4.69) is 0 Å². The molecule has 0 radical (unpaired) electrons. The molecule has 17 heavy (non-hydrogen) atoms. The quantitative estimate of drug-likeness (QED) is 0.828. The summed E-state index contributed by atoms with van der Waals surface area (Å²) in [6.07, 6.45) is 0.368. The topological polar surface area (TPSA) is 77.5 Å².